The molecule has 1 nitrogen and oxygen atoms in total. The van der Waals surface area contributed by atoms with Crippen molar-refractivity contribution in [1.82, 2.24) is 0 Å². The van der Waals surface area contributed by atoms with E-state index in [9.17, 15) is 5.11 Å². The first-order chi connectivity index (χ1) is 4.50. The van der Waals surface area contributed by atoms with Crippen molar-refractivity contribution < 1.29 is 5.11 Å². The van der Waals surface area contributed by atoms with Crippen molar-refractivity contribution in [2.45, 2.75) is 53.1 Å². The lowest BCUT2D eigenvalue weighted by atomic mass is 9.82. The topological polar surface area (TPSA) is 20.2 Å². The van der Waals surface area contributed by atoms with Crippen LogP contribution in [0.1, 0.15) is 47.0 Å². The average Bonchev–Trinajstić information content (AvgIpc) is 1.84. The Morgan fingerprint density at radius 3 is 2.20 bits per heavy atom. The Morgan fingerprint density at radius 1 is 1.40 bits per heavy atom. The molecule has 0 saturated heterocycles. The lowest BCUT2D eigenvalue weighted by molar-refractivity contribution is 0.0581. The van der Waals surface area contributed by atoms with Gasteiger partial charge in [0.25, 0.3) is 0 Å². The molecule has 0 amide bonds. The van der Waals surface area contributed by atoms with Gasteiger partial charge in [-0.25, -0.2) is 0 Å². The molecule has 1 unspecified atom stereocenters. The minimum atomic E-state index is -0.181. The van der Waals surface area contributed by atoms with Crippen LogP contribution < -0.4 is 0 Å². The van der Waals surface area contributed by atoms with Crippen LogP contribution in [0.25, 0.3) is 0 Å². The van der Waals surface area contributed by atoms with Crippen LogP contribution in [0.4, 0.5) is 0 Å². The first kappa shape index (κ1) is 9.96. The van der Waals surface area contributed by atoms with E-state index in [0.717, 1.165) is 6.42 Å². The Morgan fingerprint density at radius 2 is 1.90 bits per heavy atom. The summed E-state index contributed by atoms with van der Waals surface area (Å²) in [4.78, 5) is 0. The van der Waals surface area contributed by atoms with E-state index in [2.05, 4.69) is 20.8 Å². The van der Waals surface area contributed by atoms with Gasteiger partial charge in [-0.1, -0.05) is 33.6 Å². The molecular weight excluding hydrogens is 124 g/mol. The summed E-state index contributed by atoms with van der Waals surface area (Å²) in [5, 5.41) is 9.31. The number of aliphatic hydroxyl groups excluding tert-OH is 1. The quantitative estimate of drug-likeness (QED) is 0.643. The highest BCUT2D eigenvalue weighted by Crippen LogP contribution is 2.26. The first-order valence-electron chi connectivity index (χ1n) is 4.18. The maximum absolute atomic E-state index is 9.31. The molecule has 0 aromatic heterocycles. The maximum atomic E-state index is 9.31. The second kappa shape index (κ2) is 3.97. The van der Waals surface area contributed by atoms with Crippen LogP contribution >= 0.6 is 0 Å². The fourth-order valence-electron chi connectivity index (χ4n) is 0.841. The van der Waals surface area contributed by atoms with Gasteiger partial charge < -0.3 is 5.11 Å². The summed E-state index contributed by atoms with van der Waals surface area (Å²) in [5.41, 5.74) is 0.107. The molecule has 0 saturated carbocycles. The lowest BCUT2D eigenvalue weighted by Gasteiger charge is -2.27. The van der Waals surface area contributed by atoms with Crippen LogP contribution in [-0.2, 0) is 0 Å². The predicted octanol–water partition coefficient (Wildman–Crippen LogP) is 2.58. The smallest absolute Gasteiger partial charge is 0.0563 e. The van der Waals surface area contributed by atoms with Crippen LogP contribution in [-0.4, -0.2) is 11.2 Å². The van der Waals surface area contributed by atoms with E-state index in [1.807, 2.05) is 6.92 Å². The number of unbranched alkanes of at least 4 members (excludes halogenated alkanes) is 1. The van der Waals surface area contributed by atoms with Crippen molar-refractivity contribution in [1.29, 1.82) is 0 Å². The van der Waals surface area contributed by atoms with E-state index in [0.29, 0.717) is 0 Å². The highest BCUT2D eigenvalue weighted by Gasteiger charge is 2.22. The molecule has 10 heavy (non-hydrogen) atoms. The summed E-state index contributed by atoms with van der Waals surface area (Å²) in [7, 11) is 0. The number of aliphatic hydroxyl groups is 1. The molecule has 0 fully saturated rings. The van der Waals surface area contributed by atoms with Crippen molar-refractivity contribution in [2.75, 3.05) is 0 Å². The van der Waals surface area contributed by atoms with Crippen LogP contribution in [0.2, 0.25) is 0 Å². The number of rotatable bonds is 4. The van der Waals surface area contributed by atoms with Crippen LogP contribution in [0, 0.1) is 5.41 Å². The molecule has 0 rings (SSSR count). The normalized spacial score (nSPS) is 15.3. The average molecular weight is 144 g/mol. The van der Waals surface area contributed by atoms with Gasteiger partial charge in [-0.05, 0) is 18.8 Å². The Kier molecular flexibility index (Phi) is 3.95. The van der Waals surface area contributed by atoms with Crippen molar-refractivity contribution in [3.8, 4) is 0 Å². The minimum absolute atomic E-state index is 0.107. The minimum Gasteiger partial charge on any atom is -0.393 e. The molecule has 0 aliphatic heterocycles. The molecule has 0 aliphatic carbocycles. The molecule has 0 aliphatic rings. The van der Waals surface area contributed by atoms with Crippen LogP contribution in [0.15, 0.2) is 0 Å². The molecule has 0 aromatic rings. The Bertz CT molecular complexity index is 84.7. The molecule has 1 heteroatoms. The zero-order valence-corrected chi connectivity index (χ0v) is 7.65. The van der Waals surface area contributed by atoms with E-state index in [-0.39, 0.29) is 11.5 Å². The van der Waals surface area contributed by atoms with Gasteiger partial charge in [0.15, 0.2) is 0 Å². The summed E-state index contributed by atoms with van der Waals surface area (Å²) in [6.07, 6.45) is 3.38. The summed E-state index contributed by atoms with van der Waals surface area (Å²) in [6.45, 7) is 8.29. The maximum Gasteiger partial charge on any atom is 0.0563 e. The van der Waals surface area contributed by atoms with Crippen molar-refractivity contribution >= 4 is 0 Å². The van der Waals surface area contributed by atoms with E-state index < -0.39 is 0 Å². The van der Waals surface area contributed by atoms with E-state index >= 15 is 0 Å². The fraction of sp³-hybridized carbons (Fsp3) is 1.00. The molecule has 0 bridgehead atoms. The third-order valence-corrected chi connectivity index (χ3v) is 2.31. The third kappa shape index (κ3) is 3.21. The lowest BCUT2D eigenvalue weighted by Crippen LogP contribution is -2.25. The predicted molar refractivity (Wildman–Crippen MR) is 45.0 cm³/mol. The molecular formula is C9H20O. The standard InChI is InChI=1S/C9H20O/c1-5-6-7-9(3,4)8(2)10/h8,10H,5-7H2,1-4H3. The Balaban J connectivity index is 3.63. The van der Waals surface area contributed by atoms with Gasteiger partial charge in [0.2, 0.25) is 0 Å². The Labute approximate surface area is 64.5 Å². The number of hydrogen-bond donors (Lipinski definition) is 1. The first-order valence-corrected chi connectivity index (χ1v) is 4.18. The second-order valence-corrected chi connectivity index (χ2v) is 3.77. The molecule has 1 N–H and O–H groups in total. The van der Waals surface area contributed by atoms with E-state index in [1.165, 1.54) is 12.8 Å². The monoisotopic (exact) mass is 144 g/mol. The molecule has 1 atom stereocenters. The van der Waals surface area contributed by atoms with Crippen molar-refractivity contribution in [3.63, 3.8) is 0 Å². The Hall–Kier alpha value is -0.0400. The fourth-order valence-corrected chi connectivity index (χ4v) is 0.841. The van der Waals surface area contributed by atoms with Gasteiger partial charge in [0, 0.05) is 0 Å². The second-order valence-electron chi connectivity index (χ2n) is 3.77. The molecule has 62 valence electrons. The van der Waals surface area contributed by atoms with Gasteiger partial charge in [-0.2, -0.15) is 0 Å². The van der Waals surface area contributed by atoms with Crippen LogP contribution in [0.5, 0.6) is 0 Å². The largest absolute Gasteiger partial charge is 0.393 e. The SMILES string of the molecule is CCCCC(C)(C)C(C)O. The van der Waals surface area contributed by atoms with Gasteiger partial charge in [-0.3, -0.25) is 0 Å². The molecule has 0 heterocycles. The van der Waals surface area contributed by atoms with E-state index in [4.69, 9.17) is 0 Å². The van der Waals surface area contributed by atoms with Gasteiger partial charge in [-0.15, -0.1) is 0 Å². The summed E-state index contributed by atoms with van der Waals surface area (Å²) < 4.78 is 0. The van der Waals surface area contributed by atoms with Gasteiger partial charge in [0.05, 0.1) is 6.10 Å². The zero-order valence-electron chi connectivity index (χ0n) is 7.65. The summed E-state index contributed by atoms with van der Waals surface area (Å²) >= 11 is 0. The molecule has 0 spiro atoms. The van der Waals surface area contributed by atoms with Crippen molar-refractivity contribution in [2.24, 2.45) is 5.41 Å². The van der Waals surface area contributed by atoms with Crippen LogP contribution in [0.3, 0.4) is 0 Å². The summed E-state index contributed by atoms with van der Waals surface area (Å²) in [6, 6.07) is 0. The molecule has 0 radical (unpaired) electrons. The van der Waals surface area contributed by atoms with Crippen molar-refractivity contribution in [3.05, 3.63) is 0 Å². The highest BCUT2D eigenvalue weighted by atomic mass is 16.3. The van der Waals surface area contributed by atoms with E-state index in [1.54, 1.807) is 0 Å². The molecule has 0 aromatic carbocycles. The third-order valence-electron chi connectivity index (χ3n) is 2.31. The number of hydrogen-bond acceptors (Lipinski definition) is 1. The summed E-state index contributed by atoms with van der Waals surface area (Å²) in [5.74, 6) is 0. The zero-order chi connectivity index (χ0) is 8.20. The van der Waals surface area contributed by atoms with Gasteiger partial charge >= 0.3 is 0 Å². The van der Waals surface area contributed by atoms with Gasteiger partial charge in [0.1, 0.15) is 0 Å². The highest BCUT2D eigenvalue weighted by molar-refractivity contribution is 4.73.